The second-order valence-corrected chi connectivity index (χ2v) is 10.7. The number of aromatic nitrogens is 1. The number of Topliss-reactive ketones (excluding diaryl/α,β-unsaturated/α-hetero) is 1. The van der Waals surface area contributed by atoms with E-state index in [0.29, 0.717) is 6.42 Å². The number of pyridine rings is 1. The minimum absolute atomic E-state index is 0.0337. The summed E-state index contributed by atoms with van der Waals surface area (Å²) < 4.78 is 0. The zero-order valence-electron chi connectivity index (χ0n) is 18.2. The zero-order valence-corrected chi connectivity index (χ0v) is 19.0. The van der Waals surface area contributed by atoms with Crippen molar-refractivity contribution < 1.29 is 4.79 Å². The summed E-state index contributed by atoms with van der Waals surface area (Å²) in [5, 5.41) is 4.76. The average molecular weight is 437 g/mol. The molecule has 3 heterocycles. The maximum atomic E-state index is 13.5. The van der Waals surface area contributed by atoms with Gasteiger partial charge < -0.3 is 5.32 Å². The van der Waals surface area contributed by atoms with E-state index in [-0.39, 0.29) is 17.1 Å². The Morgan fingerprint density at radius 1 is 0.969 bits per heavy atom. The summed E-state index contributed by atoms with van der Waals surface area (Å²) in [6.07, 6.45) is 3.29. The van der Waals surface area contributed by atoms with E-state index in [2.05, 4.69) is 78.7 Å². The Labute approximate surface area is 191 Å². The third-order valence-electron chi connectivity index (χ3n) is 6.58. The number of hydrogen-bond donors (Lipinski definition) is 1. The Morgan fingerprint density at radius 3 is 2.66 bits per heavy atom. The monoisotopic (exact) mass is 436 g/mol. The van der Waals surface area contributed by atoms with E-state index < -0.39 is 0 Å². The smallest absolute Gasteiger partial charge is 0.162 e. The molecule has 0 spiro atoms. The maximum Gasteiger partial charge on any atom is 0.162 e. The number of anilines is 1. The van der Waals surface area contributed by atoms with Gasteiger partial charge in [0.15, 0.2) is 5.78 Å². The van der Waals surface area contributed by atoms with E-state index in [4.69, 9.17) is 0 Å². The molecule has 1 N–H and O–H groups in total. The number of allylic oxidation sites excluding steroid dienone is 2. The highest BCUT2D eigenvalue weighted by atomic mass is 32.1. The van der Waals surface area contributed by atoms with Crippen LogP contribution in [0.4, 0.5) is 5.69 Å². The fourth-order valence-corrected chi connectivity index (χ4v) is 6.37. The molecule has 1 atom stereocenters. The lowest BCUT2D eigenvalue weighted by Gasteiger charge is -2.39. The quantitative estimate of drug-likeness (QED) is 0.362. The standard InChI is InChI=1S/C28H24N2OS/c1-28(2)15-21-26(22(31)16-28)27(24-13-12-23(32-24)17-7-4-3-5-8-17)25-18-9-6-14-29-19(18)10-11-20(25)30-21/h3-14,27,30H,15-16H2,1-2H3. The minimum atomic E-state index is -0.0692. The fraction of sp³-hybridized carbons (Fsp3) is 0.214. The molecule has 32 heavy (non-hydrogen) atoms. The van der Waals surface area contributed by atoms with E-state index in [1.165, 1.54) is 20.9 Å². The van der Waals surface area contributed by atoms with Gasteiger partial charge in [0.25, 0.3) is 0 Å². The summed E-state index contributed by atoms with van der Waals surface area (Å²) in [4.78, 5) is 20.6. The minimum Gasteiger partial charge on any atom is -0.358 e. The van der Waals surface area contributed by atoms with Crippen molar-refractivity contribution >= 4 is 33.7 Å². The van der Waals surface area contributed by atoms with Gasteiger partial charge in [-0.05, 0) is 53.3 Å². The van der Waals surface area contributed by atoms with E-state index >= 15 is 0 Å². The first-order valence-corrected chi connectivity index (χ1v) is 11.9. The Balaban J connectivity index is 1.59. The highest BCUT2D eigenvalue weighted by molar-refractivity contribution is 7.15. The first-order chi connectivity index (χ1) is 15.5. The molecule has 0 bridgehead atoms. The highest BCUT2D eigenvalue weighted by Gasteiger charge is 2.41. The Bertz CT molecular complexity index is 1400. The van der Waals surface area contributed by atoms with Crippen molar-refractivity contribution in [1.82, 2.24) is 4.98 Å². The third kappa shape index (κ3) is 3.09. The van der Waals surface area contributed by atoms with Crippen molar-refractivity contribution in [2.75, 3.05) is 5.32 Å². The van der Waals surface area contributed by atoms with Gasteiger partial charge in [0.2, 0.25) is 0 Å². The topological polar surface area (TPSA) is 42.0 Å². The lowest BCUT2D eigenvalue weighted by molar-refractivity contribution is -0.118. The summed E-state index contributed by atoms with van der Waals surface area (Å²) in [7, 11) is 0. The molecule has 158 valence electrons. The lowest BCUT2D eigenvalue weighted by atomic mass is 9.69. The molecular weight excluding hydrogens is 412 g/mol. The number of carbonyl (C=O) groups is 1. The molecule has 4 heteroatoms. The molecule has 1 unspecified atom stereocenters. The van der Waals surface area contributed by atoms with Gasteiger partial charge in [-0.15, -0.1) is 11.3 Å². The Hall–Kier alpha value is -3.24. The second-order valence-electron chi connectivity index (χ2n) is 9.56. The number of benzene rings is 2. The molecule has 0 saturated heterocycles. The van der Waals surface area contributed by atoms with E-state index in [9.17, 15) is 4.79 Å². The number of carbonyl (C=O) groups excluding carboxylic acids is 1. The molecule has 2 aromatic carbocycles. The van der Waals surface area contributed by atoms with Crippen molar-refractivity contribution in [3.05, 3.63) is 94.6 Å². The fourth-order valence-electron chi connectivity index (χ4n) is 5.23. The van der Waals surface area contributed by atoms with Gasteiger partial charge >= 0.3 is 0 Å². The first kappa shape index (κ1) is 19.4. The van der Waals surface area contributed by atoms with Crippen molar-refractivity contribution in [1.29, 1.82) is 0 Å². The third-order valence-corrected chi connectivity index (χ3v) is 7.78. The van der Waals surface area contributed by atoms with Crippen LogP contribution in [0.25, 0.3) is 21.3 Å². The second kappa shape index (κ2) is 7.14. The molecule has 0 amide bonds. The predicted octanol–water partition coefficient (Wildman–Crippen LogP) is 7.16. The van der Waals surface area contributed by atoms with Crippen LogP contribution in [0, 0.1) is 5.41 Å². The van der Waals surface area contributed by atoms with Gasteiger partial charge in [0.05, 0.1) is 11.4 Å². The number of nitrogens with one attached hydrogen (secondary N) is 1. The van der Waals surface area contributed by atoms with Gasteiger partial charge in [0.1, 0.15) is 0 Å². The number of thiophene rings is 1. The number of rotatable bonds is 2. The van der Waals surface area contributed by atoms with Gasteiger partial charge in [0, 0.05) is 44.7 Å². The summed E-state index contributed by atoms with van der Waals surface area (Å²) in [5.74, 6) is 0.190. The van der Waals surface area contributed by atoms with Crippen LogP contribution in [0.2, 0.25) is 0 Å². The molecular formula is C28H24N2OS. The molecule has 0 saturated carbocycles. The van der Waals surface area contributed by atoms with E-state index in [1.54, 1.807) is 11.3 Å². The van der Waals surface area contributed by atoms with Crippen LogP contribution in [-0.2, 0) is 4.79 Å². The normalized spacial score (nSPS) is 19.4. The summed E-state index contributed by atoms with van der Waals surface area (Å²) in [6.45, 7) is 4.37. The SMILES string of the molecule is CC1(C)CC(=O)C2=C(C1)Nc1ccc3ncccc3c1C2c1ccc(-c2ccccc2)s1. The van der Waals surface area contributed by atoms with Crippen molar-refractivity contribution in [2.45, 2.75) is 32.6 Å². The summed E-state index contributed by atoms with van der Waals surface area (Å²) >= 11 is 1.79. The molecule has 1 aliphatic carbocycles. The maximum absolute atomic E-state index is 13.5. The molecule has 1 aliphatic heterocycles. The van der Waals surface area contributed by atoms with Crippen LogP contribution in [0.5, 0.6) is 0 Å². The predicted molar refractivity (Wildman–Crippen MR) is 132 cm³/mol. The molecule has 0 fully saturated rings. The van der Waals surface area contributed by atoms with Gasteiger partial charge in [-0.25, -0.2) is 0 Å². The summed E-state index contributed by atoms with van der Waals surface area (Å²) in [5.41, 5.74) is 6.43. The van der Waals surface area contributed by atoms with Crippen molar-refractivity contribution in [3.63, 3.8) is 0 Å². The van der Waals surface area contributed by atoms with Crippen LogP contribution >= 0.6 is 11.3 Å². The van der Waals surface area contributed by atoms with Crippen LogP contribution in [0.1, 0.15) is 43.0 Å². The first-order valence-electron chi connectivity index (χ1n) is 11.1. The van der Waals surface area contributed by atoms with E-state index in [1.807, 2.05) is 18.3 Å². The number of ketones is 1. The van der Waals surface area contributed by atoms with E-state index in [0.717, 1.165) is 34.3 Å². The lowest BCUT2D eigenvalue weighted by Crippen LogP contribution is -2.33. The average Bonchev–Trinajstić information content (AvgIpc) is 3.27. The molecule has 2 aromatic heterocycles. The molecule has 6 rings (SSSR count). The van der Waals surface area contributed by atoms with Crippen molar-refractivity contribution in [3.8, 4) is 10.4 Å². The molecule has 4 aromatic rings. The largest absolute Gasteiger partial charge is 0.358 e. The van der Waals surface area contributed by atoms with Gasteiger partial charge in [-0.3, -0.25) is 9.78 Å². The number of hydrogen-bond acceptors (Lipinski definition) is 4. The van der Waals surface area contributed by atoms with Crippen LogP contribution in [-0.4, -0.2) is 10.8 Å². The van der Waals surface area contributed by atoms with Gasteiger partial charge in [-0.1, -0.05) is 50.2 Å². The zero-order chi connectivity index (χ0) is 21.9. The number of nitrogens with zero attached hydrogens (tertiary/aromatic N) is 1. The van der Waals surface area contributed by atoms with Crippen LogP contribution < -0.4 is 5.32 Å². The van der Waals surface area contributed by atoms with Crippen molar-refractivity contribution in [2.24, 2.45) is 5.41 Å². The molecule has 3 nitrogen and oxygen atoms in total. The Morgan fingerprint density at radius 2 is 1.81 bits per heavy atom. The molecule has 0 radical (unpaired) electrons. The Kier molecular flexibility index (Phi) is 4.34. The van der Waals surface area contributed by atoms with Crippen LogP contribution in [0.15, 0.2) is 84.2 Å². The number of fused-ring (bicyclic) bond motifs is 3. The molecule has 2 aliphatic rings. The highest BCUT2D eigenvalue weighted by Crippen LogP contribution is 2.52. The van der Waals surface area contributed by atoms with Crippen LogP contribution in [0.3, 0.4) is 0 Å². The van der Waals surface area contributed by atoms with Gasteiger partial charge in [-0.2, -0.15) is 0 Å². The summed E-state index contributed by atoms with van der Waals surface area (Å²) in [6, 6.07) is 23.2.